The van der Waals surface area contributed by atoms with E-state index in [9.17, 15) is 14.0 Å². The predicted molar refractivity (Wildman–Crippen MR) is 111 cm³/mol. The van der Waals surface area contributed by atoms with Crippen molar-refractivity contribution in [2.45, 2.75) is 12.8 Å². The molecule has 3 aromatic rings. The number of aromatic amines is 1. The Balaban J connectivity index is 1.27. The first-order chi connectivity index (χ1) is 14.1. The molecule has 2 heterocycles. The van der Waals surface area contributed by atoms with Crippen LogP contribution in [0, 0.1) is 11.7 Å². The number of para-hydroxylation sites is 1. The van der Waals surface area contributed by atoms with Crippen molar-refractivity contribution in [3.05, 3.63) is 70.3 Å². The number of H-pyrrole nitrogens is 1. The third kappa shape index (κ3) is 4.51. The van der Waals surface area contributed by atoms with E-state index in [1.165, 1.54) is 12.1 Å². The van der Waals surface area contributed by atoms with Crippen molar-refractivity contribution in [2.75, 3.05) is 31.5 Å². The Morgan fingerprint density at radius 2 is 1.86 bits per heavy atom. The van der Waals surface area contributed by atoms with Crippen molar-refractivity contribution in [1.29, 1.82) is 0 Å². The van der Waals surface area contributed by atoms with Crippen molar-refractivity contribution in [3.8, 4) is 0 Å². The zero-order chi connectivity index (χ0) is 20.2. The first-order valence-electron chi connectivity index (χ1n) is 9.85. The van der Waals surface area contributed by atoms with Gasteiger partial charge >= 0.3 is 0 Å². The minimum atomic E-state index is -0.328. The van der Waals surface area contributed by atoms with E-state index < -0.39 is 0 Å². The first kappa shape index (κ1) is 19.3. The summed E-state index contributed by atoms with van der Waals surface area (Å²) in [5.41, 5.74) is 1.09. The molecule has 29 heavy (non-hydrogen) atoms. The van der Waals surface area contributed by atoms with Crippen LogP contribution in [0.2, 0.25) is 0 Å². The molecular formula is C22H23FN4O2. The highest BCUT2D eigenvalue weighted by molar-refractivity contribution is 5.97. The molecule has 2 N–H and O–H groups in total. The molecule has 0 spiro atoms. The van der Waals surface area contributed by atoms with E-state index in [0.29, 0.717) is 29.0 Å². The molecule has 1 aliphatic rings. The summed E-state index contributed by atoms with van der Waals surface area (Å²) in [4.78, 5) is 34.2. The van der Waals surface area contributed by atoms with E-state index >= 15 is 0 Å². The molecule has 0 amide bonds. The standard InChI is InChI=1S/C22H23FN4O2/c23-17-7-5-15(6-8-17)20(28)16-9-12-27(13-10-16)14-11-24-22-25-19-4-2-1-3-18(19)21(29)26-22/h1-8,16H,9-14H2,(H2,24,25,26,29). The van der Waals surface area contributed by atoms with Crippen molar-refractivity contribution in [1.82, 2.24) is 14.9 Å². The SMILES string of the molecule is O=C(c1ccc(F)cc1)C1CCN(CCNc2nc3ccccc3c(=O)[nH]2)CC1. The maximum absolute atomic E-state index is 13.0. The van der Waals surface area contributed by atoms with Gasteiger partial charge in [-0.25, -0.2) is 9.37 Å². The van der Waals surface area contributed by atoms with E-state index in [-0.39, 0.29) is 23.1 Å². The van der Waals surface area contributed by atoms with Crippen LogP contribution in [0.4, 0.5) is 10.3 Å². The molecule has 4 rings (SSSR count). The van der Waals surface area contributed by atoms with Gasteiger partial charge in [0.15, 0.2) is 5.78 Å². The topological polar surface area (TPSA) is 78.1 Å². The minimum absolute atomic E-state index is 0.0109. The Labute approximate surface area is 167 Å². The monoisotopic (exact) mass is 394 g/mol. The molecule has 1 aliphatic heterocycles. The molecule has 0 radical (unpaired) electrons. The Morgan fingerprint density at radius 3 is 2.62 bits per heavy atom. The Morgan fingerprint density at radius 1 is 1.14 bits per heavy atom. The molecule has 0 unspecified atom stereocenters. The van der Waals surface area contributed by atoms with Gasteiger partial charge in [-0.3, -0.25) is 14.6 Å². The van der Waals surface area contributed by atoms with Crippen LogP contribution in [0.1, 0.15) is 23.2 Å². The van der Waals surface area contributed by atoms with E-state index in [1.807, 2.05) is 18.2 Å². The van der Waals surface area contributed by atoms with Crippen LogP contribution in [-0.4, -0.2) is 46.8 Å². The number of rotatable bonds is 6. The number of carbonyl (C=O) groups is 1. The summed E-state index contributed by atoms with van der Waals surface area (Å²) < 4.78 is 13.0. The highest BCUT2D eigenvalue weighted by Crippen LogP contribution is 2.22. The van der Waals surface area contributed by atoms with Gasteiger partial charge in [-0.15, -0.1) is 0 Å². The number of ketones is 1. The van der Waals surface area contributed by atoms with E-state index in [2.05, 4.69) is 20.2 Å². The average molecular weight is 394 g/mol. The lowest BCUT2D eigenvalue weighted by Gasteiger charge is -2.31. The number of anilines is 1. The second kappa shape index (κ2) is 8.53. The van der Waals surface area contributed by atoms with Crippen molar-refractivity contribution >= 4 is 22.6 Å². The summed E-state index contributed by atoms with van der Waals surface area (Å²) in [5, 5.41) is 3.75. The van der Waals surface area contributed by atoms with Crippen molar-refractivity contribution < 1.29 is 9.18 Å². The molecular weight excluding hydrogens is 371 g/mol. The number of carbonyl (C=O) groups excluding carboxylic acids is 1. The van der Waals surface area contributed by atoms with Gasteiger partial charge < -0.3 is 10.2 Å². The second-order valence-corrected chi connectivity index (χ2v) is 7.35. The summed E-state index contributed by atoms with van der Waals surface area (Å²) in [6.07, 6.45) is 1.59. The highest BCUT2D eigenvalue weighted by Gasteiger charge is 2.25. The lowest BCUT2D eigenvalue weighted by Crippen LogP contribution is -2.39. The Hall–Kier alpha value is -3.06. The molecule has 0 bridgehead atoms. The molecule has 0 aliphatic carbocycles. The summed E-state index contributed by atoms with van der Waals surface area (Å²) >= 11 is 0. The Bertz CT molecular complexity index is 1060. The minimum Gasteiger partial charge on any atom is -0.354 e. The largest absolute Gasteiger partial charge is 0.354 e. The second-order valence-electron chi connectivity index (χ2n) is 7.35. The van der Waals surface area contributed by atoms with E-state index in [1.54, 1.807) is 18.2 Å². The normalized spacial score (nSPS) is 15.5. The van der Waals surface area contributed by atoms with Crippen LogP contribution in [0.15, 0.2) is 53.3 Å². The number of hydrogen-bond donors (Lipinski definition) is 2. The van der Waals surface area contributed by atoms with E-state index in [4.69, 9.17) is 0 Å². The van der Waals surface area contributed by atoms with Gasteiger partial charge in [0.2, 0.25) is 5.95 Å². The maximum Gasteiger partial charge on any atom is 0.260 e. The van der Waals surface area contributed by atoms with Gasteiger partial charge in [0, 0.05) is 24.6 Å². The number of hydrogen-bond acceptors (Lipinski definition) is 5. The number of nitrogens with zero attached hydrogens (tertiary/aromatic N) is 2. The molecule has 0 atom stereocenters. The van der Waals surface area contributed by atoms with Crippen molar-refractivity contribution in [3.63, 3.8) is 0 Å². The molecule has 1 fully saturated rings. The summed E-state index contributed by atoms with van der Waals surface area (Å²) in [6, 6.07) is 13.0. The number of benzene rings is 2. The zero-order valence-electron chi connectivity index (χ0n) is 16.0. The predicted octanol–water partition coefficient (Wildman–Crippen LogP) is 3.07. The lowest BCUT2D eigenvalue weighted by molar-refractivity contribution is 0.0843. The first-order valence-corrected chi connectivity index (χ1v) is 9.85. The average Bonchev–Trinajstić information content (AvgIpc) is 2.74. The van der Waals surface area contributed by atoms with Crippen LogP contribution in [0.5, 0.6) is 0 Å². The number of nitrogens with one attached hydrogen (secondary N) is 2. The summed E-state index contributed by atoms with van der Waals surface area (Å²) in [7, 11) is 0. The van der Waals surface area contributed by atoms with Gasteiger partial charge in [0.25, 0.3) is 5.56 Å². The summed E-state index contributed by atoms with van der Waals surface area (Å²) in [5.74, 6) is 0.227. The van der Waals surface area contributed by atoms with Crippen LogP contribution in [-0.2, 0) is 0 Å². The number of fused-ring (bicyclic) bond motifs is 1. The fourth-order valence-corrected chi connectivity index (χ4v) is 3.77. The Kier molecular flexibility index (Phi) is 5.67. The van der Waals surface area contributed by atoms with Gasteiger partial charge in [-0.1, -0.05) is 12.1 Å². The molecule has 6 nitrogen and oxygen atoms in total. The fraction of sp³-hybridized carbons (Fsp3) is 0.318. The number of Topliss-reactive ketones (excluding diaryl/α,β-unsaturated/α-hetero) is 1. The number of likely N-dealkylation sites (tertiary alicyclic amines) is 1. The third-order valence-corrected chi connectivity index (χ3v) is 5.42. The quantitative estimate of drug-likeness (QED) is 0.629. The third-order valence-electron chi connectivity index (χ3n) is 5.42. The van der Waals surface area contributed by atoms with Crippen LogP contribution in [0.25, 0.3) is 10.9 Å². The smallest absolute Gasteiger partial charge is 0.260 e. The number of piperidine rings is 1. The molecule has 0 saturated carbocycles. The molecule has 7 heteroatoms. The lowest BCUT2D eigenvalue weighted by atomic mass is 9.89. The van der Waals surface area contributed by atoms with Crippen molar-refractivity contribution in [2.24, 2.45) is 5.92 Å². The van der Waals surface area contributed by atoms with Crippen LogP contribution >= 0.6 is 0 Å². The maximum atomic E-state index is 13.0. The molecule has 1 aromatic heterocycles. The zero-order valence-corrected chi connectivity index (χ0v) is 16.0. The molecule has 1 saturated heterocycles. The van der Waals surface area contributed by atoms with Gasteiger partial charge in [0.05, 0.1) is 10.9 Å². The van der Waals surface area contributed by atoms with Gasteiger partial charge in [-0.05, 0) is 62.3 Å². The van der Waals surface area contributed by atoms with Gasteiger partial charge in [0.1, 0.15) is 5.82 Å². The summed E-state index contributed by atoms with van der Waals surface area (Å²) in [6.45, 7) is 3.12. The molecule has 2 aromatic carbocycles. The highest BCUT2D eigenvalue weighted by atomic mass is 19.1. The number of halogens is 1. The van der Waals surface area contributed by atoms with E-state index in [0.717, 1.165) is 32.5 Å². The number of aromatic nitrogens is 2. The molecule has 150 valence electrons. The van der Waals surface area contributed by atoms with Crippen LogP contribution < -0.4 is 10.9 Å². The van der Waals surface area contributed by atoms with Gasteiger partial charge in [-0.2, -0.15) is 0 Å². The van der Waals surface area contributed by atoms with Crippen LogP contribution in [0.3, 0.4) is 0 Å². The fourth-order valence-electron chi connectivity index (χ4n) is 3.77.